The number of methoxy groups -OCH3 is 2. The number of amides is 1. The van der Waals surface area contributed by atoms with E-state index in [1.807, 2.05) is 6.07 Å². The van der Waals surface area contributed by atoms with Crippen molar-refractivity contribution < 1.29 is 24.5 Å². The molecule has 1 aliphatic heterocycles. The molecule has 2 N–H and O–H groups in total. The minimum atomic E-state index is -0.952. The summed E-state index contributed by atoms with van der Waals surface area (Å²) in [5, 5.41) is 18.3. The van der Waals surface area contributed by atoms with Gasteiger partial charge in [-0.3, -0.25) is 4.79 Å². The van der Waals surface area contributed by atoms with E-state index in [9.17, 15) is 9.90 Å². The summed E-state index contributed by atoms with van der Waals surface area (Å²) in [6, 6.07) is 5.41. The summed E-state index contributed by atoms with van der Waals surface area (Å²) in [4.78, 5) is 13.6. The zero-order valence-electron chi connectivity index (χ0n) is 12.0. The molecule has 1 amide bonds. The Morgan fingerprint density at radius 3 is 2.81 bits per heavy atom. The largest absolute Gasteiger partial charge is 0.497 e. The lowest BCUT2D eigenvalue weighted by atomic mass is 10.1. The first-order chi connectivity index (χ1) is 10.1. The molecule has 21 heavy (non-hydrogen) atoms. The highest BCUT2D eigenvalue weighted by Gasteiger charge is 2.35. The van der Waals surface area contributed by atoms with E-state index >= 15 is 0 Å². The van der Waals surface area contributed by atoms with Gasteiger partial charge in [0.15, 0.2) is 0 Å². The predicted octanol–water partition coefficient (Wildman–Crippen LogP) is 0.631. The number of nitrogens with zero attached hydrogens (tertiary/aromatic N) is 1. The van der Waals surface area contributed by atoms with E-state index in [-0.39, 0.29) is 24.4 Å². The lowest BCUT2D eigenvalue weighted by Gasteiger charge is -2.27. The minimum Gasteiger partial charge on any atom is -0.497 e. The van der Waals surface area contributed by atoms with Crippen LogP contribution in [0.15, 0.2) is 18.2 Å². The van der Waals surface area contributed by atoms with Crippen LogP contribution in [0.3, 0.4) is 0 Å². The summed E-state index contributed by atoms with van der Waals surface area (Å²) in [7, 11) is 3.14. The van der Waals surface area contributed by atoms with Crippen LogP contribution in [0.4, 0.5) is 0 Å². The molecule has 1 aromatic carbocycles. The van der Waals surface area contributed by atoms with Crippen molar-refractivity contribution in [3.63, 3.8) is 0 Å². The van der Waals surface area contributed by atoms with Gasteiger partial charge in [-0.05, 0) is 18.2 Å². The Bertz CT molecular complexity index is 510. The Labute approximate surface area is 127 Å². The van der Waals surface area contributed by atoms with Gasteiger partial charge in [0, 0.05) is 5.56 Å². The summed E-state index contributed by atoms with van der Waals surface area (Å²) in [6.07, 6.45) is -0.952. The number of hydrogen-bond acceptors (Lipinski definition) is 6. The Kier molecular flexibility index (Phi) is 5.33. The van der Waals surface area contributed by atoms with Crippen molar-refractivity contribution in [3.05, 3.63) is 23.8 Å². The lowest BCUT2D eigenvalue weighted by Crippen LogP contribution is -2.37. The van der Waals surface area contributed by atoms with E-state index in [0.29, 0.717) is 17.3 Å². The van der Waals surface area contributed by atoms with Gasteiger partial charge in [-0.15, -0.1) is 11.8 Å². The fourth-order valence-electron chi connectivity index (χ4n) is 2.23. The van der Waals surface area contributed by atoms with Gasteiger partial charge in [-0.1, -0.05) is 0 Å². The molecule has 6 nitrogen and oxygen atoms in total. The zero-order valence-corrected chi connectivity index (χ0v) is 12.8. The molecule has 1 unspecified atom stereocenters. The van der Waals surface area contributed by atoms with Gasteiger partial charge in [-0.2, -0.15) is 0 Å². The van der Waals surface area contributed by atoms with Crippen LogP contribution in [-0.2, 0) is 4.79 Å². The Morgan fingerprint density at radius 1 is 1.43 bits per heavy atom. The fourth-order valence-corrected chi connectivity index (χ4v) is 3.44. The maximum absolute atomic E-state index is 12.0. The van der Waals surface area contributed by atoms with Gasteiger partial charge < -0.3 is 24.6 Å². The normalized spacial score (nSPS) is 19.7. The average molecular weight is 313 g/mol. The molecule has 1 saturated heterocycles. The third-order valence-electron chi connectivity index (χ3n) is 3.29. The quantitative estimate of drug-likeness (QED) is 0.802. The minimum absolute atomic E-state index is 0.0672. The molecule has 1 fully saturated rings. The molecule has 0 bridgehead atoms. The molecule has 1 aromatic rings. The number of thioether (sulfide) groups is 1. The highest BCUT2D eigenvalue weighted by Crippen LogP contribution is 2.43. The van der Waals surface area contributed by atoms with Crippen LogP contribution in [0.2, 0.25) is 0 Å². The summed E-state index contributed by atoms with van der Waals surface area (Å²) in [5.41, 5.74) is 0.817. The van der Waals surface area contributed by atoms with E-state index in [2.05, 4.69) is 0 Å². The predicted molar refractivity (Wildman–Crippen MR) is 79.6 cm³/mol. The molecule has 0 aliphatic carbocycles. The van der Waals surface area contributed by atoms with Crippen molar-refractivity contribution in [2.24, 2.45) is 0 Å². The number of carbonyl (C=O) groups is 1. The van der Waals surface area contributed by atoms with Crippen LogP contribution in [0.25, 0.3) is 0 Å². The summed E-state index contributed by atoms with van der Waals surface area (Å²) in [6.45, 7) is -0.288. The van der Waals surface area contributed by atoms with Gasteiger partial charge in [0.05, 0.1) is 39.2 Å². The highest BCUT2D eigenvalue weighted by molar-refractivity contribution is 8.00. The highest BCUT2D eigenvalue weighted by atomic mass is 32.2. The molecule has 0 radical (unpaired) electrons. The summed E-state index contributed by atoms with van der Waals surface area (Å²) < 4.78 is 10.6. The summed E-state index contributed by atoms with van der Waals surface area (Å²) in [5.74, 6) is 1.60. The number of aliphatic hydroxyl groups is 2. The number of hydrogen-bond donors (Lipinski definition) is 2. The van der Waals surface area contributed by atoms with Gasteiger partial charge in [-0.25, -0.2) is 0 Å². The SMILES string of the molecule is COc1ccc(OC)c(C2SCC(=O)N2C[C@H](O)CO)c1. The standard InChI is InChI=1S/C14H19NO5S/c1-19-10-3-4-12(20-2)11(5-10)14-15(6-9(17)7-16)13(18)8-21-14/h3-5,9,14,16-17H,6-8H2,1-2H3/t9-,14?/m0/s1. The third-order valence-corrected chi connectivity index (χ3v) is 4.53. The van der Waals surface area contributed by atoms with Gasteiger partial charge >= 0.3 is 0 Å². The van der Waals surface area contributed by atoms with Crippen LogP contribution in [0, 0.1) is 0 Å². The molecule has 1 heterocycles. The van der Waals surface area contributed by atoms with Gasteiger partial charge in [0.25, 0.3) is 0 Å². The number of ether oxygens (including phenoxy) is 2. The van der Waals surface area contributed by atoms with Gasteiger partial charge in [0.2, 0.25) is 5.91 Å². The van der Waals surface area contributed by atoms with Gasteiger partial charge in [0.1, 0.15) is 16.9 Å². The smallest absolute Gasteiger partial charge is 0.233 e. The zero-order chi connectivity index (χ0) is 15.4. The molecule has 2 rings (SSSR count). The third kappa shape index (κ3) is 3.42. The number of β-amino-alcohol motifs (C(OH)–C–C–N with tert-alkyl or cyclic N) is 1. The molecular formula is C14H19NO5S. The number of benzene rings is 1. The maximum atomic E-state index is 12.0. The molecule has 1 aliphatic rings. The Morgan fingerprint density at radius 2 is 2.19 bits per heavy atom. The maximum Gasteiger partial charge on any atom is 0.233 e. The topological polar surface area (TPSA) is 79.2 Å². The Hall–Kier alpha value is -1.44. The summed E-state index contributed by atoms with van der Waals surface area (Å²) >= 11 is 1.46. The van der Waals surface area contributed by atoms with Crippen LogP contribution in [0.1, 0.15) is 10.9 Å². The molecular weight excluding hydrogens is 294 g/mol. The van der Waals surface area contributed by atoms with Crippen LogP contribution >= 0.6 is 11.8 Å². The van der Waals surface area contributed by atoms with Crippen molar-refractivity contribution in [1.29, 1.82) is 0 Å². The molecule has 2 atom stereocenters. The fraction of sp³-hybridized carbons (Fsp3) is 0.500. The van der Waals surface area contributed by atoms with Crippen molar-refractivity contribution in [2.45, 2.75) is 11.5 Å². The van der Waals surface area contributed by atoms with Crippen molar-refractivity contribution in [1.82, 2.24) is 4.90 Å². The molecule has 0 aromatic heterocycles. The first kappa shape index (κ1) is 15.9. The van der Waals surface area contributed by atoms with Crippen LogP contribution in [-0.4, -0.2) is 60.2 Å². The monoisotopic (exact) mass is 313 g/mol. The van der Waals surface area contributed by atoms with E-state index in [1.165, 1.54) is 11.8 Å². The van der Waals surface area contributed by atoms with E-state index in [1.54, 1.807) is 31.3 Å². The Balaban J connectivity index is 2.32. The second kappa shape index (κ2) is 7.02. The van der Waals surface area contributed by atoms with Crippen molar-refractivity contribution in [3.8, 4) is 11.5 Å². The van der Waals surface area contributed by atoms with E-state index < -0.39 is 6.10 Å². The molecule has 116 valence electrons. The van der Waals surface area contributed by atoms with Crippen molar-refractivity contribution in [2.75, 3.05) is 33.1 Å². The van der Waals surface area contributed by atoms with E-state index in [0.717, 1.165) is 5.56 Å². The molecule has 0 saturated carbocycles. The second-order valence-electron chi connectivity index (χ2n) is 4.65. The lowest BCUT2D eigenvalue weighted by molar-refractivity contribution is -0.129. The number of carbonyl (C=O) groups excluding carboxylic acids is 1. The van der Waals surface area contributed by atoms with Crippen molar-refractivity contribution >= 4 is 17.7 Å². The van der Waals surface area contributed by atoms with Crippen LogP contribution in [0.5, 0.6) is 11.5 Å². The second-order valence-corrected chi connectivity index (χ2v) is 5.72. The van der Waals surface area contributed by atoms with Crippen LogP contribution < -0.4 is 9.47 Å². The van der Waals surface area contributed by atoms with E-state index in [4.69, 9.17) is 14.6 Å². The number of aliphatic hydroxyl groups excluding tert-OH is 2. The first-order valence-corrected chi connectivity index (χ1v) is 7.57. The number of rotatable bonds is 6. The molecule has 7 heteroatoms. The average Bonchev–Trinajstić information content (AvgIpc) is 2.87. The first-order valence-electron chi connectivity index (χ1n) is 6.52. The molecule has 0 spiro atoms.